The number of likely N-dealkylation sites (tertiary alicyclic amines) is 1. The van der Waals surface area contributed by atoms with E-state index in [-0.39, 0.29) is 23.6 Å². The first kappa shape index (κ1) is 21.0. The second-order valence-electron chi connectivity index (χ2n) is 6.95. The molecule has 1 aliphatic heterocycles. The zero-order valence-electron chi connectivity index (χ0n) is 16.0. The summed E-state index contributed by atoms with van der Waals surface area (Å²) in [7, 11) is 3.08. The molecule has 1 fully saturated rings. The molecular weight excluding hydrogens is 351 g/mol. The average molecular weight is 380 g/mol. The fraction of sp³-hybridized carbons (Fsp3) is 0.579. The topological polar surface area (TPSA) is 87.9 Å². The van der Waals surface area contributed by atoms with Crippen LogP contribution in [0.5, 0.6) is 5.75 Å². The highest BCUT2D eigenvalue weighted by Gasteiger charge is 2.23. The number of urea groups is 1. The third-order valence-corrected chi connectivity index (χ3v) is 4.82. The number of amides is 3. The average Bonchev–Trinajstić information content (AvgIpc) is 2.65. The molecule has 1 atom stereocenters. The second kappa shape index (κ2) is 10.1. The highest BCUT2D eigenvalue weighted by Crippen LogP contribution is 2.18. The SMILES string of the molecule is COc1ccc(CN(C)C(=O)NCCCN2CCCC(C(N)=O)C2)cc1F. The molecule has 3 N–H and O–H groups in total. The lowest BCUT2D eigenvalue weighted by molar-refractivity contribution is -0.123. The molecule has 1 aromatic carbocycles. The number of carbonyl (C=O) groups excluding carboxylic acids is 2. The number of carbonyl (C=O) groups is 2. The third-order valence-electron chi connectivity index (χ3n) is 4.82. The molecule has 0 radical (unpaired) electrons. The van der Waals surface area contributed by atoms with Crippen LogP contribution in [0.15, 0.2) is 18.2 Å². The van der Waals surface area contributed by atoms with Gasteiger partial charge in [-0.3, -0.25) is 4.79 Å². The van der Waals surface area contributed by atoms with Crippen LogP contribution in [0.4, 0.5) is 9.18 Å². The number of halogens is 1. The summed E-state index contributed by atoms with van der Waals surface area (Å²) in [5.74, 6) is -0.560. The standard InChI is InChI=1S/C19H29FN4O3/c1-23(12-14-6-7-17(27-2)16(20)11-14)19(26)22-8-4-10-24-9-3-5-15(13-24)18(21)25/h6-7,11,15H,3-5,8-10,12-13H2,1-2H3,(H2,21,25)(H,22,26). The molecule has 3 amide bonds. The number of nitrogens with zero attached hydrogens (tertiary/aromatic N) is 2. The summed E-state index contributed by atoms with van der Waals surface area (Å²) in [6, 6.07) is 4.44. The fourth-order valence-electron chi connectivity index (χ4n) is 3.28. The molecule has 2 rings (SSSR count). The van der Waals surface area contributed by atoms with Gasteiger partial charge in [0.25, 0.3) is 0 Å². The van der Waals surface area contributed by atoms with Gasteiger partial charge in [0, 0.05) is 26.7 Å². The minimum absolute atomic E-state index is 0.0654. The maximum atomic E-state index is 13.7. The quantitative estimate of drug-likeness (QED) is 0.670. The summed E-state index contributed by atoms with van der Waals surface area (Å²) >= 11 is 0. The first-order chi connectivity index (χ1) is 12.9. The van der Waals surface area contributed by atoms with Crippen LogP contribution in [0.3, 0.4) is 0 Å². The number of hydrogen-bond donors (Lipinski definition) is 2. The summed E-state index contributed by atoms with van der Waals surface area (Å²) in [6.45, 7) is 3.32. The Hall–Kier alpha value is -2.35. The lowest BCUT2D eigenvalue weighted by Gasteiger charge is -2.31. The van der Waals surface area contributed by atoms with E-state index in [1.807, 2.05) is 0 Å². The van der Waals surface area contributed by atoms with Crippen molar-refractivity contribution < 1.29 is 18.7 Å². The lowest BCUT2D eigenvalue weighted by Crippen LogP contribution is -2.42. The molecule has 8 heteroatoms. The van der Waals surface area contributed by atoms with Gasteiger partial charge in [-0.2, -0.15) is 0 Å². The van der Waals surface area contributed by atoms with Crippen LogP contribution in [0.1, 0.15) is 24.8 Å². The molecule has 1 aliphatic rings. The number of primary amides is 1. The van der Waals surface area contributed by atoms with E-state index in [1.165, 1.54) is 18.1 Å². The van der Waals surface area contributed by atoms with E-state index in [0.29, 0.717) is 25.2 Å². The van der Waals surface area contributed by atoms with E-state index >= 15 is 0 Å². The molecule has 27 heavy (non-hydrogen) atoms. The Morgan fingerprint density at radius 3 is 2.89 bits per heavy atom. The van der Waals surface area contributed by atoms with Crippen LogP contribution in [-0.2, 0) is 11.3 Å². The van der Waals surface area contributed by atoms with Crippen molar-refractivity contribution >= 4 is 11.9 Å². The molecule has 0 bridgehead atoms. The first-order valence-electron chi connectivity index (χ1n) is 9.23. The van der Waals surface area contributed by atoms with Crippen LogP contribution >= 0.6 is 0 Å². The van der Waals surface area contributed by atoms with Gasteiger partial charge in [-0.15, -0.1) is 0 Å². The molecule has 1 saturated heterocycles. The van der Waals surface area contributed by atoms with Crippen molar-refractivity contribution in [2.75, 3.05) is 40.3 Å². The first-order valence-corrected chi connectivity index (χ1v) is 9.23. The van der Waals surface area contributed by atoms with Gasteiger partial charge in [0.15, 0.2) is 11.6 Å². The smallest absolute Gasteiger partial charge is 0.317 e. The van der Waals surface area contributed by atoms with Gasteiger partial charge in [0.2, 0.25) is 5.91 Å². The zero-order chi connectivity index (χ0) is 19.8. The largest absolute Gasteiger partial charge is 0.494 e. The second-order valence-corrected chi connectivity index (χ2v) is 6.95. The molecule has 150 valence electrons. The van der Waals surface area contributed by atoms with Gasteiger partial charge in [-0.1, -0.05) is 6.07 Å². The number of nitrogens with one attached hydrogen (secondary N) is 1. The fourth-order valence-corrected chi connectivity index (χ4v) is 3.28. The molecule has 0 aliphatic carbocycles. The monoisotopic (exact) mass is 380 g/mol. The van der Waals surface area contributed by atoms with Crippen LogP contribution in [0.2, 0.25) is 0 Å². The minimum atomic E-state index is -0.445. The summed E-state index contributed by atoms with van der Waals surface area (Å²) in [4.78, 5) is 27.2. The normalized spacial score (nSPS) is 17.4. The van der Waals surface area contributed by atoms with E-state index in [9.17, 15) is 14.0 Å². The van der Waals surface area contributed by atoms with E-state index in [4.69, 9.17) is 10.5 Å². The maximum absolute atomic E-state index is 13.7. The van der Waals surface area contributed by atoms with E-state index < -0.39 is 5.82 Å². The Balaban J connectivity index is 1.69. The summed E-state index contributed by atoms with van der Waals surface area (Å²) in [5.41, 5.74) is 6.08. The van der Waals surface area contributed by atoms with Crippen molar-refractivity contribution in [3.63, 3.8) is 0 Å². The van der Waals surface area contributed by atoms with Crippen LogP contribution in [0.25, 0.3) is 0 Å². The van der Waals surface area contributed by atoms with E-state index in [2.05, 4.69) is 10.2 Å². The van der Waals surface area contributed by atoms with Crippen LogP contribution in [0, 0.1) is 11.7 Å². The van der Waals surface area contributed by atoms with E-state index in [1.54, 1.807) is 19.2 Å². The van der Waals surface area contributed by atoms with Gasteiger partial charge in [-0.05, 0) is 50.0 Å². The number of hydrogen-bond acceptors (Lipinski definition) is 4. The predicted octanol–water partition coefficient (Wildman–Crippen LogP) is 1.56. The number of nitrogens with two attached hydrogens (primary N) is 1. The van der Waals surface area contributed by atoms with E-state index in [0.717, 1.165) is 32.4 Å². The number of benzene rings is 1. The third kappa shape index (κ3) is 6.39. The highest BCUT2D eigenvalue weighted by atomic mass is 19.1. The summed E-state index contributed by atoms with van der Waals surface area (Å²) in [6.07, 6.45) is 2.63. The van der Waals surface area contributed by atoms with Crippen LogP contribution in [-0.4, -0.2) is 62.1 Å². The number of rotatable bonds is 8. The maximum Gasteiger partial charge on any atom is 0.317 e. The van der Waals surface area contributed by atoms with Crippen molar-refractivity contribution in [1.29, 1.82) is 0 Å². The Labute approximate surface area is 159 Å². The van der Waals surface area contributed by atoms with Crippen LogP contribution < -0.4 is 15.8 Å². The van der Waals surface area contributed by atoms with Gasteiger partial charge in [-0.25, -0.2) is 9.18 Å². The number of piperidine rings is 1. The van der Waals surface area contributed by atoms with Crippen molar-refractivity contribution in [2.24, 2.45) is 11.7 Å². The molecule has 0 saturated carbocycles. The summed E-state index contributed by atoms with van der Waals surface area (Å²) < 4.78 is 18.6. The van der Waals surface area contributed by atoms with Gasteiger partial charge >= 0.3 is 6.03 Å². The Kier molecular flexibility index (Phi) is 7.84. The van der Waals surface area contributed by atoms with Crippen molar-refractivity contribution in [3.8, 4) is 5.75 Å². The molecule has 0 spiro atoms. The molecule has 1 aromatic rings. The van der Waals surface area contributed by atoms with Crippen molar-refractivity contribution in [1.82, 2.24) is 15.1 Å². The number of ether oxygens (including phenoxy) is 1. The summed E-state index contributed by atoms with van der Waals surface area (Å²) in [5, 5.41) is 2.86. The Bertz CT molecular complexity index is 656. The lowest BCUT2D eigenvalue weighted by atomic mass is 9.97. The molecule has 7 nitrogen and oxygen atoms in total. The van der Waals surface area contributed by atoms with Gasteiger partial charge in [0.05, 0.1) is 13.0 Å². The zero-order valence-corrected chi connectivity index (χ0v) is 16.0. The molecular formula is C19H29FN4O3. The van der Waals surface area contributed by atoms with Crippen molar-refractivity contribution in [2.45, 2.75) is 25.8 Å². The minimum Gasteiger partial charge on any atom is -0.494 e. The Morgan fingerprint density at radius 2 is 2.22 bits per heavy atom. The van der Waals surface area contributed by atoms with Crippen molar-refractivity contribution in [3.05, 3.63) is 29.6 Å². The van der Waals surface area contributed by atoms with Gasteiger partial charge < -0.3 is 25.6 Å². The highest BCUT2D eigenvalue weighted by molar-refractivity contribution is 5.77. The predicted molar refractivity (Wildman–Crippen MR) is 101 cm³/mol. The molecule has 0 aromatic heterocycles. The number of methoxy groups -OCH3 is 1. The Morgan fingerprint density at radius 1 is 1.44 bits per heavy atom. The molecule has 1 heterocycles. The van der Waals surface area contributed by atoms with Gasteiger partial charge in [0.1, 0.15) is 0 Å². The molecule has 1 unspecified atom stereocenters.